The first-order valence-electron chi connectivity index (χ1n) is 8.97. The summed E-state index contributed by atoms with van der Waals surface area (Å²) in [6, 6.07) is 8.47. The zero-order valence-electron chi connectivity index (χ0n) is 14.4. The van der Waals surface area contributed by atoms with Crippen molar-refractivity contribution in [3.05, 3.63) is 34.3 Å². The maximum Gasteiger partial charge on any atom is 0.220 e. The van der Waals surface area contributed by atoms with Gasteiger partial charge in [-0.2, -0.15) is 0 Å². The van der Waals surface area contributed by atoms with Crippen LogP contribution in [0.2, 0.25) is 0 Å². The van der Waals surface area contributed by atoms with Crippen molar-refractivity contribution in [2.75, 3.05) is 26.3 Å². The summed E-state index contributed by atoms with van der Waals surface area (Å²) in [6.07, 6.45) is 6.70. The second-order valence-corrected chi connectivity index (χ2v) is 7.54. The third kappa shape index (κ3) is 5.87. The van der Waals surface area contributed by atoms with E-state index in [9.17, 15) is 4.79 Å². The van der Waals surface area contributed by atoms with Gasteiger partial charge in [-0.1, -0.05) is 40.9 Å². The molecule has 0 unspecified atom stereocenters. The molecule has 0 radical (unpaired) electrons. The summed E-state index contributed by atoms with van der Waals surface area (Å²) < 4.78 is 6.63. The Balaban J connectivity index is 1.87. The molecule has 1 aromatic rings. The predicted octanol–water partition coefficient (Wildman–Crippen LogP) is 3.52. The first-order chi connectivity index (χ1) is 11.7. The lowest BCUT2D eigenvalue weighted by Gasteiger charge is -2.38. The molecule has 0 spiro atoms. The number of nitrogens with two attached hydrogens (primary N) is 1. The highest BCUT2D eigenvalue weighted by Crippen LogP contribution is 2.35. The lowest BCUT2D eigenvalue weighted by atomic mass is 9.74. The number of halogens is 1. The standard InChI is InChI=1S/C19H29BrN2O2/c20-17-8-6-16(7-9-17)19(10-13-24-14-11-19)15-22-18(23)5-3-1-2-4-12-21/h6-9H,1-5,10-15,21H2,(H,22,23). The molecule has 0 bridgehead atoms. The van der Waals surface area contributed by atoms with E-state index in [0.717, 1.165) is 62.8 Å². The number of unbranched alkanes of at least 4 members (excludes halogenated alkanes) is 3. The van der Waals surface area contributed by atoms with Gasteiger partial charge in [-0.25, -0.2) is 0 Å². The highest BCUT2D eigenvalue weighted by atomic mass is 79.9. The first kappa shape index (κ1) is 19.4. The zero-order valence-corrected chi connectivity index (χ0v) is 15.9. The van der Waals surface area contributed by atoms with Crippen LogP contribution in [0.25, 0.3) is 0 Å². The molecule has 1 aromatic carbocycles. The first-order valence-corrected chi connectivity index (χ1v) is 9.76. The molecule has 134 valence electrons. The highest BCUT2D eigenvalue weighted by Gasteiger charge is 2.34. The van der Waals surface area contributed by atoms with Crippen molar-refractivity contribution in [3.63, 3.8) is 0 Å². The molecule has 2 rings (SSSR count). The van der Waals surface area contributed by atoms with Crippen LogP contribution in [0.5, 0.6) is 0 Å². The molecule has 1 amide bonds. The molecule has 3 N–H and O–H groups in total. The van der Waals surface area contributed by atoms with E-state index in [1.54, 1.807) is 0 Å². The van der Waals surface area contributed by atoms with Crippen LogP contribution in [0.1, 0.15) is 50.5 Å². The average Bonchev–Trinajstić information content (AvgIpc) is 2.61. The fourth-order valence-electron chi connectivity index (χ4n) is 3.27. The van der Waals surface area contributed by atoms with Gasteiger partial charge in [0, 0.05) is 36.1 Å². The van der Waals surface area contributed by atoms with Gasteiger partial charge in [-0.05, 0) is 49.9 Å². The number of nitrogens with one attached hydrogen (secondary N) is 1. The number of carbonyl (C=O) groups excluding carboxylic acids is 1. The van der Waals surface area contributed by atoms with Gasteiger partial charge in [0.25, 0.3) is 0 Å². The van der Waals surface area contributed by atoms with Crippen LogP contribution in [-0.2, 0) is 14.9 Å². The summed E-state index contributed by atoms with van der Waals surface area (Å²) in [5.74, 6) is 0.158. The molecule has 1 heterocycles. The lowest BCUT2D eigenvalue weighted by molar-refractivity contribution is -0.121. The van der Waals surface area contributed by atoms with Crippen molar-refractivity contribution >= 4 is 21.8 Å². The van der Waals surface area contributed by atoms with Crippen LogP contribution in [0, 0.1) is 0 Å². The highest BCUT2D eigenvalue weighted by molar-refractivity contribution is 9.10. The third-order valence-corrected chi connectivity index (χ3v) is 5.42. The van der Waals surface area contributed by atoms with Crippen LogP contribution in [-0.4, -0.2) is 32.2 Å². The summed E-state index contributed by atoms with van der Waals surface area (Å²) in [5.41, 5.74) is 6.77. The largest absolute Gasteiger partial charge is 0.381 e. The van der Waals surface area contributed by atoms with E-state index >= 15 is 0 Å². The van der Waals surface area contributed by atoms with Gasteiger partial charge < -0.3 is 15.8 Å². The fourth-order valence-corrected chi connectivity index (χ4v) is 3.54. The van der Waals surface area contributed by atoms with Crippen molar-refractivity contribution in [2.45, 2.75) is 50.4 Å². The summed E-state index contributed by atoms with van der Waals surface area (Å²) in [4.78, 5) is 12.2. The zero-order chi connectivity index (χ0) is 17.3. The van der Waals surface area contributed by atoms with E-state index in [-0.39, 0.29) is 11.3 Å². The number of benzene rings is 1. The smallest absolute Gasteiger partial charge is 0.220 e. The van der Waals surface area contributed by atoms with E-state index in [4.69, 9.17) is 10.5 Å². The Bertz CT molecular complexity index is 499. The topological polar surface area (TPSA) is 64.4 Å². The van der Waals surface area contributed by atoms with Crippen LogP contribution in [0.15, 0.2) is 28.7 Å². The average molecular weight is 397 g/mol. The molecule has 0 saturated carbocycles. The van der Waals surface area contributed by atoms with E-state index in [1.807, 2.05) is 0 Å². The normalized spacial score (nSPS) is 16.8. The molecule has 24 heavy (non-hydrogen) atoms. The minimum absolute atomic E-state index is 0.00579. The van der Waals surface area contributed by atoms with Gasteiger partial charge in [0.05, 0.1) is 0 Å². The molecule has 0 aliphatic carbocycles. The molecule has 1 saturated heterocycles. The molecule has 1 aliphatic heterocycles. The Hall–Kier alpha value is -0.910. The maximum absolute atomic E-state index is 12.2. The monoisotopic (exact) mass is 396 g/mol. The summed E-state index contributed by atoms with van der Waals surface area (Å²) in [6.45, 7) is 2.94. The van der Waals surface area contributed by atoms with Gasteiger partial charge in [-0.3, -0.25) is 4.79 Å². The second-order valence-electron chi connectivity index (χ2n) is 6.63. The molecular weight excluding hydrogens is 368 g/mol. The SMILES string of the molecule is NCCCCCCC(=O)NCC1(c2ccc(Br)cc2)CCOCC1. The molecule has 0 aromatic heterocycles. The molecule has 0 atom stereocenters. The number of amides is 1. The van der Waals surface area contributed by atoms with Crippen LogP contribution < -0.4 is 11.1 Å². The van der Waals surface area contributed by atoms with Gasteiger partial charge >= 0.3 is 0 Å². The van der Waals surface area contributed by atoms with Crippen molar-refractivity contribution in [2.24, 2.45) is 5.73 Å². The third-order valence-electron chi connectivity index (χ3n) is 4.89. The Labute approximate surface area is 153 Å². The molecule has 1 aliphatic rings. The second kappa shape index (κ2) is 10.2. The number of hydrogen-bond donors (Lipinski definition) is 2. The van der Waals surface area contributed by atoms with Gasteiger partial charge in [0.15, 0.2) is 0 Å². The van der Waals surface area contributed by atoms with E-state index in [1.165, 1.54) is 5.56 Å². The van der Waals surface area contributed by atoms with Crippen LogP contribution in [0.3, 0.4) is 0 Å². The molecule has 4 nitrogen and oxygen atoms in total. The lowest BCUT2D eigenvalue weighted by Crippen LogP contribution is -2.44. The summed E-state index contributed by atoms with van der Waals surface area (Å²) in [5, 5.41) is 3.17. The van der Waals surface area contributed by atoms with Gasteiger partial charge in [0.2, 0.25) is 5.91 Å². The predicted molar refractivity (Wildman–Crippen MR) is 101 cm³/mol. The Morgan fingerprint density at radius 3 is 2.46 bits per heavy atom. The van der Waals surface area contributed by atoms with Crippen molar-refractivity contribution < 1.29 is 9.53 Å². The molecular formula is C19H29BrN2O2. The van der Waals surface area contributed by atoms with E-state index < -0.39 is 0 Å². The van der Waals surface area contributed by atoms with Crippen molar-refractivity contribution in [1.29, 1.82) is 0 Å². The fraction of sp³-hybridized carbons (Fsp3) is 0.632. The number of carbonyl (C=O) groups is 1. The molecule has 5 heteroatoms. The number of rotatable bonds is 9. The van der Waals surface area contributed by atoms with Gasteiger partial charge in [-0.15, -0.1) is 0 Å². The van der Waals surface area contributed by atoms with Crippen LogP contribution >= 0.6 is 15.9 Å². The summed E-state index contributed by atoms with van der Waals surface area (Å²) in [7, 11) is 0. The Morgan fingerprint density at radius 2 is 1.79 bits per heavy atom. The van der Waals surface area contributed by atoms with Crippen molar-refractivity contribution in [1.82, 2.24) is 5.32 Å². The summed E-state index contributed by atoms with van der Waals surface area (Å²) >= 11 is 3.49. The van der Waals surface area contributed by atoms with Crippen molar-refractivity contribution in [3.8, 4) is 0 Å². The minimum Gasteiger partial charge on any atom is -0.381 e. The van der Waals surface area contributed by atoms with Crippen LogP contribution in [0.4, 0.5) is 0 Å². The quantitative estimate of drug-likeness (QED) is 0.627. The van der Waals surface area contributed by atoms with E-state index in [2.05, 4.69) is 45.5 Å². The Kier molecular flexibility index (Phi) is 8.22. The number of hydrogen-bond acceptors (Lipinski definition) is 3. The van der Waals surface area contributed by atoms with Gasteiger partial charge in [0.1, 0.15) is 0 Å². The maximum atomic E-state index is 12.2. The minimum atomic E-state index is -0.00579. The number of ether oxygens (including phenoxy) is 1. The molecule has 1 fully saturated rings. The Morgan fingerprint density at radius 1 is 1.12 bits per heavy atom. The van der Waals surface area contributed by atoms with E-state index in [0.29, 0.717) is 13.0 Å².